The van der Waals surface area contributed by atoms with Gasteiger partial charge in [-0.1, -0.05) is 18.2 Å². The largest absolute Gasteiger partial charge is 0.378 e. The van der Waals surface area contributed by atoms with Gasteiger partial charge in [0.05, 0.1) is 18.9 Å². The van der Waals surface area contributed by atoms with Crippen LogP contribution in [0.3, 0.4) is 0 Å². The predicted octanol–water partition coefficient (Wildman–Crippen LogP) is 1.99. The van der Waals surface area contributed by atoms with Crippen LogP contribution in [0.2, 0.25) is 0 Å². The maximum absolute atomic E-state index is 5.40. The van der Waals surface area contributed by atoms with Gasteiger partial charge in [0.1, 0.15) is 5.84 Å². The molecule has 0 N–H and O–H groups in total. The van der Waals surface area contributed by atoms with Crippen molar-refractivity contribution in [3.05, 3.63) is 30.3 Å². The zero-order chi connectivity index (χ0) is 14.4. The smallest absolute Gasteiger partial charge is 0.227 e. The molecular formula is C15H22N4O. The summed E-state index contributed by atoms with van der Waals surface area (Å²) in [5.41, 5.74) is 0.921. The Morgan fingerprint density at radius 1 is 1.15 bits per heavy atom. The molecule has 2 rings (SSSR count). The second-order valence-corrected chi connectivity index (χ2v) is 4.90. The Balaban J connectivity index is 2.28. The summed E-state index contributed by atoms with van der Waals surface area (Å²) in [6.07, 6.45) is 0. The number of amidine groups is 1. The predicted molar refractivity (Wildman–Crippen MR) is 82.7 cm³/mol. The molecule has 1 aromatic rings. The lowest BCUT2D eigenvalue weighted by Crippen LogP contribution is -2.40. The molecular weight excluding hydrogens is 252 g/mol. The van der Waals surface area contributed by atoms with Crippen LogP contribution < -0.4 is 0 Å². The van der Waals surface area contributed by atoms with Crippen LogP contribution >= 0.6 is 0 Å². The van der Waals surface area contributed by atoms with E-state index < -0.39 is 0 Å². The van der Waals surface area contributed by atoms with E-state index in [1.54, 1.807) is 0 Å². The second-order valence-electron chi connectivity index (χ2n) is 4.90. The molecule has 1 fully saturated rings. The van der Waals surface area contributed by atoms with E-state index >= 15 is 0 Å². The number of nitrogens with zero attached hydrogens (tertiary/aromatic N) is 4. The molecule has 1 saturated heterocycles. The number of morpholine rings is 1. The molecule has 20 heavy (non-hydrogen) atoms. The van der Waals surface area contributed by atoms with Gasteiger partial charge in [-0.05, 0) is 19.1 Å². The van der Waals surface area contributed by atoms with Gasteiger partial charge in [-0.2, -0.15) is 0 Å². The first kappa shape index (κ1) is 14.5. The summed E-state index contributed by atoms with van der Waals surface area (Å²) < 4.78 is 5.40. The van der Waals surface area contributed by atoms with Gasteiger partial charge in [-0.25, -0.2) is 9.98 Å². The van der Waals surface area contributed by atoms with E-state index in [2.05, 4.69) is 14.9 Å². The summed E-state index contributed by atoms with van der Waals surface area (Å²) in [6.45, 7) is 5.10. The Morgan fingerprint density at radius 3 is 2.40 bits per heavy atom. The number of guanidine groups is 1. The molecule has 0 saturated carbocycles. The third kappa shape index (κ3) is 4.06. The normalized spacial score (nSPS) is 17.2. The third-order valence-corrected chi connectivity index (χ3v) is 3.19. The van der Waals surface area contributed by atoms with E-state index in [1.165, 1.54) is 0 Å². The first-order valence-electron chi connectivity index (χ1n) is 6.86. The lowest BCUT2D eigenvalue weighted by atomic mass is 10.3. The first-order chi connectivity index (χ1) is 9.66. The standard InChI is InChI=1S/C15H22N4O/c1-13(18(2)3)16-15(19-9-11-20-12-10-19)17-14-7-5-4-6-8-14/h4-8H,9-12H2,1-3H3/b16-13+,17-15?. The van der Waals surface area contributed by atoms with E-state index in [0.29, 0.717) is 0 Å². The average Bonchev–Trinajstić information content (AvgIpc) is 2.48. The Hall–Kier alpha value is -1.88. The summed E-state index contributed by atoms with van der Waals surface area (Å²) in [4.78, 5) is 13.5. The Kier molecular flexibility index (Phi) is 5.12. The molecule has 0 unspecified atom stereocenters. The molecule has 0 aromatic heterocycles. The van der Waals surface area contributed by atoms with Crippen LogP contribution in [0.25, 0.3) is 0 Å². The van der Waals surface area contributed by atoms with Crippen LogP contribution in [0.5, 0.6) is 0 Å². The lowest BCUT2D eigenvalue weighted by Gasteiger charge is -2.28. The minimum absolute atomic E-state index is 0.727. The summed E-state index contributed by atoms with van der Waals surface area (Å²) in [5, 5.41) is 0. The van der Waals surface area contributed by atoms with Gasteiger partial charge in [0.2, 0.25) is 5.96 Å². The van der Waals surface area contributed by atoms with Gasteiger partial charge in [0.25, 0.3) is 0 Å². The molecule has 108 valence electrons. The van der Waals surface area contributed by atoms with Gasteiger partial charge in [0.15, 0.2) is 0 Å². The van der Waals surface area contributed by atoms with Crippen molar-refractivity contribution in [1.29, 1.82) is 0 Å². The number of rotatable bonds is 1. The van der Waals surface area contributed by atoms with E-state index in [4.69, 9.17) is 4.74 Å². The Labute approximate surface area is 120 Å². The fourth-order valence-corrected chi connectivity index (χ4v) is 1.79. The molecule has 0 bridgehead atoms. The van der Waals surface area contributed by atoms with Crippen LogP contribution in [-0.4, -0.2) is 62.0 Å². The number of benzene rings is 1. The topological polar surface area (TPSA) is 40.4 Å². The fourth-order valence-electron chi connectivity index (χ4n) is 1.79. The summed E-state index contributed by atoms with van der Waals surface area (Å²) in [5.74, 6) is 1.69. The molecule has 1 aliphatic rings. The fraction of sp³-hybridized carbons (Fsp3) is 0.467. The van der Waals surface area contributed by atoms with Crippen molar-refractivity contribution in [2.24, 2.45) is 9.98 Å². The molecule has 5 heteroatoms. The van der Waals surface area contributed by atoms with Gasteiger partial charge in [-0.15, -0.1) is 0 Å². The Bertz CT molecular complexity index is 476. The molecule has 0 spiro atoms. The monoisotopic (exact) mass is 274 g/mol. The first-order valence-corrected chi connectivity index (χ1v) is 6.86. The highest BCUT2D eigenvalue weighted by Gasteiger charge is 2.15. The van der Waals surface area contributed by atoms with Crippen LogP contribution in [0.4, 0.5) is 5.69 Å². The van der Waals surface area contributed by atoms with Gasteiger partial charge >= 0.3 is 0 Å². The number of aliphatic imine (C=N–C) groups is 2. The van der Waals surface area contributed by atoms with Crippen molar-refractivity contribution < 1.29 is 4.74 Å². The van der Waals surface area contributed by atoms with Gasteiger partial charge in [0, 0.05) is 27.2 Å². The summed E-state index contributed by atoms with van der Waals surface area (Å²) in [6, 6.07) is 9.93. The van der Waals surface area contributed by atoms with Crippen molar-refractivity contribution in [3.8, 4) is 0 Å². The number of para-hydroxylation sites is 1. The SMILES string of the molecule is C/C(=N\C(=Nc1ccccc1)N1CCOCC1)N(C)C. The van der Waals surface area contributed by atoms with Crippen molar-refractivity contribution >= 4 is 17.5 Å². The zero-order valence-electron chi connectivity index (χ0n) is 12.4. The number of ether oxygens (including phenoxy) is 1. The summed E-state index contributed by atoms with van der Waals surface area (Å²) in [7, 11) is 3.97. The molecule has 0 radical (unpaired) electrons. The molecule has 0 atom stereocenters. The maximum Gasteiger partial charge on any atom is 0.227 e. The average molecular weight is 274 g/mol. The van der Waals surface area contributed by atoms with Gasteiger partial charge < -0.3 is 14.5 Å². The lowest BCUT2D eigenvalue weighted by molar-refractivity contribution is 0.0676. The third-order valence-electron chi connectivity index (χ3n) is 3.19. The zero-order valence-corrected chi connectivity index (χ0v) is 12.4. The number of hydrogen-bond acceptors (Lipinski definition) is 2. The highest BCUT2D eigenvalue weighted by atomic mass is 16.5. The van der Waals surface area contributed by atoms with Crippen molar-refractivity contribution in [1.82, 2.24) is 9.80 Å². The minimum Gasteiger partial charge on any atom is -0.378 e. The van der Waals surface area contributed by atoms with Crippen molar-refractivity contribution in [2.75, 3.05) is 40.4 Å². The maximum atomic E-state index is 5.40. The summed E-state index contributed by atoms with van der Waals surface area (Å²) >= 11 is 0. The molecule has 1 aliphatic heterocycles. The van der Waals surface area contributed by atoms with Crippen LogP contribution in [0.15, 0.2) is 40.3 Å². The number of hydrogen-bond donors (Lipinski definition) is 0. The quantitative estimate of drug-likeness (QED) is 0.581. The van der Waals surface area contributed by atoms with Crippen LogP contribution in [0, 0.1) is 0 Å². The highest BCUT2D eigenvalue weighted by molar-refractivity contribution is 5.95. The van der Waals surface area contributed by atoms with Crippen LogP contribution in [0.1, 0.15) is 6.92 Å². The highest BCUT2D eigenvalue weighted by Crippen LogP contribution is 2.13. The molecule has 5 nitrogen and oxygen atoms in total. The van der Waals surface area contributed by atoms with Crippen LogP contribution in [-0.2, 0) is 4.74 Å². The molecule has 1 aromatic carbocycles. The van der Waals surface area contributed by atoms with E-state index in [1.807, 2.05) is 56.3 Å². The molecule has 0 aliphatic carbocycles. The van der Waals surface area contributed by atoms with E-state index in [0.717, 1.165) is 43.8 Å². The van der Waals surface area contributed by atoms with Crippen molar-refractivity contribution in [3.63, 3.8) is 0 Å². The molecule has 1 heterocycles. The molecule has 0 amide bonds. The minimum atomic E-state index is 0.727. The second kappa shape index (κ2) is 7.05. The Morgan fingerprint density at radius 2 is 1.80 bits per heavy atom. The van der Waals surface area contributed by atoms with Crippen molar-refractivity contribution in [2.45, 2.75) is 6.92 Å². The van der Waals surface area contributed by atoms with E-state index in [-0.39, 0.29) is 0 Å². The van der Waals surface area contributed by atoms with E-state index in [9.17, 15) is 0 Å². The van der Waals surface area contributed by atoms with Gasteiger partial charge in [-0.3, -0.25) is 0 Å².